The predicted octanol–water partition coefficient (Wildman–Crippen LogP) is 4.76. The number of carbonyl (C=O) groups is 2. The number of nitrogens with one attached hydrogen (secondary N) is 1. The van der Waals surface area contributed by atoms with Crippen molar-refractivity contribution in [3.8, 4) is 5.75 Å². The van der Waals surface area contributed by atoms with Crippen LogP contribution in [-0.4, -0.2) is 18.5 Å². The van der Waals surface area contributed by atoms with Gasteiger partial charge in [0.2, 0.25) is 5.76 Å². The summed E-state index contributed by atoms with van der Waals surface area (Å²) in [6.45, 7) is 1.34. The quantitative estimate of drug-likeness (QED) is 0.561. The Kier molecular flexibility index (Phi) is 6.51. The van der Waals surface area contributed by atoms with Crippen molar-refractivity contribution in [2.45, 2.75) is 13.5 Å². The van der Waals surface area contributed by atoms with Gasteiger partial charge < -0.3 is 19.2 Å². The first kappa shape index (κ1) is 20.4. The molecule has 0 unspecified atom stereocenters. The Hall–Kier alpha value is -3.32. The van der Waals surface area contributed by atoms with Crippen LogP contribution in [0.15, 0.2) is 59.0 Å². The number of esters is 1. The fourth-order valence-corrected chi connectivity index (χ4v) is 2.56. The summed E-state index contributed by atoms with van der Waals surface area (Å²) in [7, 11) is 0. The van der Waals surface area contributed by atoms with Gasteiger partial charge in [-0.1, -0.05) is 17.7 Å². The molecule has 0 fully saturated rings. The summed E-state index contributed by atoms with van der Waals surface area (Å²) in [5.74, 6) is -0.879. The molecule has 1 amide bonds. The summed E-state index contributed by atoms with van der Waals surface area (Å²) in [6.07, 6.45) is 0. The van der Waals surface area contributed by atoms with Crippen LogP contribution < -0.4 is 10.1 Å². The number of benzene rings is 2. The van der Waals surface area contributed by atoms with Crippen molar-refractivity contribution in [3.63, 3.8) is 0 Å². The van der Waals surface area contributed by atoms with E-state index in [4.69, 9.17) is 25.5 Å². The van der Waals surface area contributed by atoms with Crippen molar-refractivity contribution < 1.29 is 27.9 Å². The van der Waals surface area contributed by atoms with E-state index in [1.165, 1.54) is 30.3 Å². The third-order valence-electron chi connectivity index (χ3n) is 3.93. The standard InChI is InChI=1S/C21H17ClFNO5/c1-13-17(22)3-2-4-18(13)24-20(25)12-28-21(26)19-10-9-16(29-19)11-27-15-7-5-14(23)6-8-15/h2-10H,11-12H2,1H3,(H,24,25). The molecule has 0 saturated carbocycles. The van der Waals surface area contributed by atoms with Crippen LogP contribution in [0.5, 0.6) is 5.75 Å². The highest BCUT2D eigenvalue weighted by molar-refractivity contribution is 6.31. The van der Waals surface area contributed by atoms with Crippen molar-refractivity contribution in [3.05, 3.63) is 82.5 Å². The SMILES string of the molecule is Cc1c(Cl)cccc1NC(=O)COC(=O)c1ccc(COc2ccc(F)cc2)o1. The summed E-state index contributed by atoms with van der Waals surface area (Å²) >= 11 is 6.00. The third kappa shape index (κ3) is 5.58. The molecule has 0 spiro atoms. The molecule has 1 heterocycles. The van der Waals surface area contributed by atoms with E-state index in [-0.39, 0.29) is 18.2 Å². The van der Waals surface area contributed by atoms with Gasteiger partial charge in [0.05, 0.1) is 0 Å². The van der Waals surface area contributed by atoms with E-state index < -0.39 is 18.5 Å². The average molecular weight is 418 g/mol. The van der Waals surface area contributed by atoms with Gasteiger partial charge in [-0.3, -0.25) is 4.79 Å². The maximum Gasteiger partial charge on any atom is 0.374 e. The number of anilines is 1. The Labute approximate surface area is 171 Å². The summed E-state index contributed by atoms with van der Waals surface area (Å²) in [5, 5.41) is 3.15. The first-order chi connectivity index (χ1) is 13.9. The fraction of sp³-hybridized carbons (Fsp3) is 0.143. The summed E-state index contributed by atoms with van der Waals surface area (Å²) in [5.41, 5.74) is 1.25. The number of amides is 1. The lowest BCUT2D eigenvalue weighted by Gasteiger charge is -2.09. The predicted molar refractivity (Wildman–Crippen MR) is 105 cm³/mol. The number of rotatable bonds is 7. The first-order valence-electron chi connectivity index (χ1n) is 8.61. The minimum Gasteiger partial charge on any atom is -0.486 e. The van der Waals surface area contributed by atoms with Gasteiger partial charge in [0.25, 0.3) is 5.91 Å². The molecule has 6 nitrogen and oxygen atoms in total. The van der Waals surface area contributed by atoms with E-state index in [2.05, 4.69) is 5.32 Å². The Morgan fingerprint density at radius 2 is 1.86 bits per heavy atom. The average Bonchev–Trinajstić information content (AvgIpc) is 3.18. The van der Waals surface area contributed by atoms with E-state index in [1.54, 1.807) is 31.2 Å². The zero-order valence-corrected chi connectivity index (χ0v) is 16.2. The van der Waals surface area contributed by atoms with Crippen LogP contribution in [0.1, 0.15) is 21.9 Å². The molecule has 0 radical (unpaired) electrons. The molecular weight excluding hydrogens is 401 g/mol. The first-order valence-corrected chi connectivity index (χ1v) is 8.99. The fourth-order valence-electron chi connectivity index (χ4n) is 2.38. The lowest BCUT2D eigenvalue weighted by molar-refractivity contribution is -0.119. The second kappa shape index (κ2) is 9.25. The van der Waals surface area contributed by atoms with Crippen LogP contribution in [0.4, 0.5) is 10.1 Å². The van der Waals surface area contributed by atoms with Gasteiger partial charge in [-0.15, -0.1) is 0 Å². The number of carbonyl (C=O) groups excluding carboxylic acids is 2. The van der Waals surface area contributed by atoms with Gasteiger partial charge in [0, 0.05) is 10.7 Å². The highest BCUT2D eigenvalue weighted by atomic mass is 35.5. The van der Waals surface area contributed by atoms with E-state index in [1.807, 2.05) is 0 Å². The van der Waals surface area contributed by atoms with Gasteiger partial charge >= 0.3 is 5.97 Å². The van der Waals surface area contributed by atoms with Crippen LogP contribution in [0.25, 0.3) is 0 Å². The molecule has 0 atom stereocenters. The minimum atomic E-state index is -0.781. The molecule has 1 N–H and O–H groups in total. The summed E-state index contributed by atoms with van der Waals surface area (Å²) < 4.78 is 28.6. The van der Waals surface area contributed by atoms with Crippen LogP contribution in [0.3, 0.4) is 0 Å². The molecule has 8 heteroatoms. The monoisotopic (exact) mass is 417 g/mol. The molecule has 1 aromatic heterocycles. The van der Waals surface area contributed by atoms with E-state index >= 15 is 0 Å². The molecule has 3 aromatic rings. The lowest BCUT2D eigenvalue weighted by Crippen LogP contribution is -2.21. The van der Waals surface area contributed by atoms with Gasteiger partial charge in [-0.05, 0) is 61.0 Å². The molecule has 3 rings (SSSR count). The molecule has 0 aliphatic rings. The zero-order chi connectivity index (χ0) is 20.8. The van der Waals surface area contributed by atoms with Gasteiger partial charge in [-0.25, -0.2) is 9.18 Å². The van der Waals surface area contributed by atoms with E-state index in [0.29, 0.717) is 27.8 Å². The highest BCUT2D eigenvalue weighted by Gasteiger charge is 2.15. The maximum atomic E-state index is 12.9. The normalized spacial score (nSPS) is 10.4. The Morgan fingerprint density at radius 1 is 1.10 bits per heavy atom. The largest absolute Gasteiger partial charge is 0.486 e. The minimum absolute atomic E-state index is 0.0490. The number of hydrogen-bond acceptors (Lipinski definition) is 5. The lowest BCUT2D eigenvalue weighted by atomic mass is 10.2. The van der Waals surface area contributed by atoms with Crippen LogP contribution in [-0.2, 0) is 16.1 Å². The van der Waals surface area contributed by atoms with Crippen molar-refractivity contribution >= 4 is 29.2 Å². The number of hydrogen-bond donors (Lipinski definition) is 1. The second-order valence-electron chi connectivity index (χ2n) is 6.05. The van der Waals surface area contributed by atoms with Crippen molar-refractivity contribution in [2.75, 3.05) is 11.9 Å². The number of furan rings is 1. The Morgan fingerprint density at radius 3 is 2.62 bits per heavy atom. The smallest absolute Gasteiger partial charge is 0.374 e. The van der Waals surface area contributed by atoms with Crippen molar-refractivity contribution in [1.29, 1.82) is 0 Å². The molecule has 0 aliphatic carbocycles. The molecule has 2 aromatic carbocycles. The van der Waals surface area contributed by atoms with Crippen molar-refractivity contribution in [2.24, 2.45) is 0 Å². The zero-order valence-electron chi connectivity index (χ0n) is 15.4. The molecule has 0 aliphatic heterocycles. The van der Waals surface area contributed by atoms with E-state index in [0.717, 1.165) is 0 Å². The Balaban J connectivity index is 1.49. The van der Waals surface area contributed by atoms with Crippen LogP contribution in [0, 0.1) is 12.7 Å². The van der Waals surface area contributed by atoms with Gasteiger partial charge in [0.15, 0.2) is 6.61 Å². The highest BCUT2D eigenvalue weighted by Crippen LogP contribution is 2.22. The number of halogens is 2. The van der Waals surface area contributed by atoms with Gasteiger partial charge in [0.1, 0.15) is 23.9 Å². The molecular formula is C21H17ClFNO5. The molecule has 150 valence electrons. The molecule has 0 saturated heterocycles. The maximum absolute atomic E-state index is 12.9. The molecule has 29 heavy (non-hydrogen) atoms. The topological polar surface area (TPSA) is 77.8 Å². The molecule has 0 bridgehead atoms. The van der Waals surface area contributed by atoms with Gasteiger partial charge in [-0.2, -0.15) is 0 Å². The summed E-state index contributed by atoms with van der Waals surface area (Å²) in [4.78, 5) is 24.0. The Bertz CT molecular complexity index is 1020. The third-order valence-corrected chi connectivity index (χ3v) is 4.34. The second-order valence-corrected chi connectivity index (χ2v) is 6.45. The van der Waals surface area contributed by atoms with Crippen LogP contribution >= 0.6 is 11.6 Å². The van der Waals surface area contributed by atoms with Crippen molar-refractivity contribution in [1.82, 2.24) is 0 Å². The number of ether oxygens (including phenoxy) is 2. The van der Waals surface area contributed by atoms with E-state index in [9.17, 15) is 14.0 Å². The summed E-state index contributed by atoms with van der Waals surface area (Å²) in [6, 6.07) is 13.6. The van der Waals surface area contributed by atoms with Crippen LogP contribution in [0.2, 0.25) is 5.02 Å².